The van der Waals surface area contributed by atoms with Crippen LogP contribution in [-0.4, -0.2) is 32.2 Å². The number of nitrogens with one attached hydrogen (secondary N) is 1. The smallest absolute Gasteiger partial charge is 0.261 e. The maximum atomic E-state index is 12.7. The Morgan fingerprint density at radius 1 is 1.00 bits per heavy atom. The third kappa shape index (κ3) is 3.99. The van der Waals surface area contributed by atoms with Crippen LogP contribution in [0.4, 0.5) is 5.13 Å². The molecule has 8 heteroatoms. The molecule has 3 aromatic rings. The number of nitrogens with zero attached hydrogens (tertiary/aromatic N) is 1. The van der Waals surface area contributed by atoms with Gasteiger partial charge in [0.1, 0.15) is 0 Å². The van der Waals surface area contributed by atoms with E-state index in [0.717, 1.165) is 11.3 Å². The lowest BCUT2D eigenvalue weighted by Gasteiger charge is -2.15. The zero-order valence-electron chi connectivity index (χ0n) is 14.9. The van der Waals surface area contributed by atoms with E-state index >= 15 is 0 Å². The Bertz CT molecular complexity index is 957. The molecular formula is C19H17ClN2O4S. The molecule has 1 N–H and O–H groups in total. The highest BCUT2D eigenvalue weighted by Crippen LogP contribution is 2.40. The van der Waals surface area contributed by atoms with Gasteiger partial charge in [-0.2, -0.15) is 0 Å². The second-order valence-electron chi connectivity index (χ2n) is 5.38. The van der Waals surface area contributed by atoms with Gasteiger partial charge in [-0.25, -0.2) is 4.98 Å². The summed E-state index contributed by atoms with van der Waals surface area (Å²) in [7, 11) is 4.47. The third-order valence-electron chi connectivity index (χ3n) is 3.81. The number of hydrogen-bond acceptors (Lipinski definition) is 6. The first kappa shape index (κ1) is 19.0. The van der Waals surface area contributed by atoms with E-state index in [1.165, 1.54) is 32.7 Å². The summed E-state index contributed by atoms with van der Waals surface area (Å²) in [5, 5.41) is 5.78. The molecule has 1 heterocycles. The normalized spacial score (nSPS) is 10.4. The summed E-state index contributed by atoms with van der Waals surface area (Å²) in [6.45, 7) is 0. The third-order valence-corrected chi connectivity index (χ3v) is 4.82. The van der Waals surface area contributed by atoms with Crippen LogP contribution in [0.5, 0.6) is 17.2 Å². The van der Waals surface area contributed by atoms with Gasteiger partial charge in [-0.1, -0.05) is 23.7 Å². The number of aromatic nitrogens is 1. The molecular weight excluding hydrogens is 388 g/mol. The number of carbonyl (C=O) groups is 1. The van der Waals surface area contributed by atoms with Gasteiger partial charge in [0, 0.05) is 16.0 Å². The number of anilines is 1. The Hall–Kier alpha value is -2.77. The molecule has 0 saturated carbocycles. The van der Waals surface area contributed by atoms with Crippen molar-refractivity contribution in [2.24, 2.45) is 0 Å². The number of benzene rings is 2. The molecule has 0 fully saturated rings. The summed E-state index contributed by atoms with van der Waals surface area (Å²) in [6, 6.07) is 10.6. The first-order valence-corrected chi connectivity index (χ1v) is 9.15. The summed E-state index contributed by atoms with van der Waals surface area (Å²) in [4.78, 5) is 17.2. The van der Waals surface area contributed by atoms with Gasteiger partial charge in [0.2, 0.25) is 5.75 Å². The number of halogens is 1. The van der Waals surface area contributed by atoms with Gasteiger partial charge < -0.3 is 14.2 Å². The standard InChI is InChI=1S/C19H17ClN2O4S/c1-24-15-9-8-13(16(25-2)17(15)26-3)18(23)22-19-21-14(10-27-19)11-4-6-12(20)7-5-11/h4-10H,1-3H3,(H,21,22,23). The molecule has 0 spiro atoms. The van der Waals surface area contributed by atoms with E-state index in [1.54, 1.807) is 24.3 Å². The van der Waals surface area contributed by atoms with Crippen molar-refractivity contribution in [1.82, 2.24) is 4.98 Å². The van der Waals surface area contributed by atoms with Gasteiger partial charge in [0.15, 0.2) is 16.6 Å². The number of rotatable bonds is 6. The van der Waals surface area contributed by atoms with E-state index in [0.29, 0.717) is 33.0 Å². The van der Waals surface area contributed by atoms with Crippen LogP contribution < -0.4 is 19.5 Å². The molecule has 27 heavy (non-hydrogen) atoms. The van der Waals surface area contributed by atoms with Crippen LogP contribution in [0.1, 0.15) is 10.4 Å². The summed E-state index contributed by atoms with van der Waals surface area (Å²) in [6.07, 6.45) is 0. The predicted molar refractivity (Wildman–Crippen MR) is 107 cm³/mol. The minimum absolute atomic E-state index is 0.295. The zero-order chi connectivity index (χ0) is 19.4. The molecule has 1 aromatic heterocycles. The Kier molecular flexibility index (Phi) is 5.83. The predicted octanol–water partition coefficient (Wildman–Crippen LogP) is 4.74. The average Bonchev–Trinajstić information content (AvgIpc) is 3.15. The van der Waals surface area contributed by atoms with E-state index in [-0.39, 0.29) is 5.91 Å². The van der Waals surface area contributed by atoms with Crippen molar-refractivity contribution >= 4 is 34.0 Å². The largest absolute Gasteiger partial charge is 0.493 e. The van der Waals surface area contributed by atoms with E-state index in [4.69, 9.17) is 25.8 Å². The summed E-state index contributed by atoms with van der Waals surface area (Å²) < 4.78 is 15.9. The maximum Gasteiger partial charge on any atom is 0.261 e. The highest BCUT2D eigenvalue weighted by Gasteiger charge is 2.21. The van der Waals surface area contributed by atoms with E-state index in [9.17, 15) is 4.79 Å². The van der Waals surface area contributed by atoms with Gasteiger partial charge >= 0.3 is 0 Å². The number of hydrogen-bond donors (Lipinski definition) is 1. The molecule has 3 rings (SSSR count). The van der Waals surface area contributed by atoms with Gasteiger partial charge in [0.25, 0.3) is 5.91 Å². The molecule has 0 saturated heterocycles. The lowest BCUT2D eigenvalue weighted by Crippen LogP contribution is -2.13. The number of methoxy groups -OCH3 is 3. The van der Waals surface area contributed by atoms with Crippen molar-refractivity contribution in [3.8, 4) is 28.5 Å². The fraction of sp³-hybridized carbons (Fsp3) is 0.158. The Morgan fingerprint density at radius 3 is 2.33 bits per heavy atom. The van der Waals surface area contributed by atoms with Crippen LogP contribution in [0.15, 0.2) is 41.8 Å². The molecule has 6 nitrogen and oxygen atoms in total. The highest BCUT2D eigenvalue weighted by molar-refractivity contribution is 7.14. The fourth-order valence-corrected chi connectivity index (χ4v) is 3.37. The van der Waals surface area contributed by atoms with Crippen molar-refractivity contribution in [2.45, 2.75) is 0 Å². The van der Waals surface area contributed by atoms with E-state index in [2.05, 4.69) is 10.3 Å². The SMILES string of the molecule is COc1ccc(C(=O)Nc2nc(-c3ccc(Cl)cc3)cs2)c(OC)c1OC. The van der Waals surface area contributed by atoms with Gasteiger partial charge in [-0.15, -0.1) is 11.3 Å². The van der Waals surface area contributed by atoms with Crippen LogP contribution in [0.3, 0.4) is 0 Å². The van der Waals surface area contributed by atoms with Gasteiger partial charge in [-0.05, 0) is 24.3 Å². The Morgan fingerprint density at radius 2 is 1.70 bits per heavy atom. The zero-order valence-corrected chi connectivity index (χ0v) is 16.5. The van der Waals surface area contributed by atoms with Crippen LogP contribution >= 0.6 is 22.9 Å². The second-order valence-corrected chi connectivity index (χ2v) is 6.68. The van der Waals surface area contributed by atoms with Crippen LogP contribution in [0.2, 0.25) is 5.02 Å². The van der Waals surface area contributed by atoms with Crippen molar-refractivity contribution in [2.75, 3.05) is 26.6 Å². The molecule has 2 aromatic carbocycles. The Balaban J connectivity index is 1.85. The van der Waals surface area contributed by atoms with E-state index < -0.39 is 0 Å². The molecule has 0 unspecified atom stereocenters. The topological polar surface area (TPSA) is 69.7 Å². The number of amides is 1. The quantitative estimate of drug-likeness (QED) is 0.642. The fourth-order valence-electron chi connectivity index (χ4n) is 2.53. The van der Waals surface area contributed by atoms with Gasteiger partial charge in [-0.3, -0.25) is 10.1 Å². The monoisotopic (exact) mass is 404 g/mol. The van der Waals surface area contributed by atoms with Crippen molar-refractivity contribution in [3.63, 3.8) is 0 Å². The number of carbonyl (C=O) groups excluding carboxylic acids is 1. The minimum atomic E-state index is -0.357. The average molecular weight is 405 g/mol. The first-order valence-electron chi connectivity index (χ1n) is 7.89. The molecule has 0 aliphatic carbocycles. The summed E-state index contributed by atoms with van der Waals surface area (Å²) >= 11 is 7.24. The minimum Gasteiger partial charge on any atom is -0.493 e. The van der Waals surface area contributed by atoms with Crippen molar-refractivity contribution in [1.29, 1.82) is 0 Å². The maximum absolute atomic E-state index is 12.7. The first-order chi connectivity index (χ1) is 13.1. The van der Waals surface area contributed by atoms with Crippen LogP contribution in [0, 0.1) is 0 Å². The lowest BCUT2D eigenvalue weighted by molar-refractivity contribution is 0.102. The van der Waals surface area contributed by atoms with Gasteiger partial charge in [0.05, 0.1) is 32.6 Å². The molecule has 0 bridgehead atoms. The number of thiazole rings is 1. The van der Waals surface area contributed by atoms with E-state index in [1.807, 2.05) is 17.5 Å². The molecule has 0 atom stereocenters. The number of ether oxygens (including phenoxy) is 3. The summed E-state index contributed by atoms with van der Waals surface area (Å²) in [5.41, 5.74) is 1.99. The molecule has 0 radical (unpaired) electrons. The Labute approximate surface area is 165 Å². The molecule has 140 valence electrons. The molecule has 0 aliphatic rings. The second kappa shape index (κ2) is 8.28. The lowest BCUT2D eigenvalue weighted by atomic mass is 10.1. The van der Waals surface area contributed by atoms with Crippen LogP contribution in [-0.2, 0) is 0 Å². The molecule has 0 aliphatic heterocycles. The van der Waals surface area contributed by atoms with Crippen molar-refractivity contribution < 1.29 is 19.0 Å². The van der Waals surface area contributed by atoms with Crippen LogP contribution in [0.25, 0.3) is 11.3 Å². The molecule has 1 amide bonds. The summed E-state index contributed by atoms with van der Waals surface area (Å²) in [5.74, 6) is 0.771. The van der Waals surface area contributed by atoms with Crippen molar-refractivity contribution in [3.05, 3.63) is 52.4 Å². The highest BCUT2D eigenvalue weighted by atomic mass is 35.5.